The molecule has 0 rings (SSSR count). The maximum Gasteiger partial charge on any atom is 0.323 e. The van der Waals surface area contributed by atoms with Crippen molar-refractivity contribution in [1.82, 2.24) is 10.2 Å². The summed E-state index contributed by atoms with van der Waals surface area (Å²) in [6.07, 6.45) is 2.00. The summed E-state index contributed by atoms with van der Waals surface area (Å²) in [6, 6.07) is -0.184. The van der Waals surface area contributed by atoms with Gasteiger partial charge in [0.15, 0.2) is 0 Å². The average Bonchev–Trinajstić information content (AvgIpc) is 2.37. The third-order valence-electron chi connectivity index (χ3n) is 3.37. The van der Waals surface area contributed by atoms with Crippen molar-refractivity contribution >= 4 is 5.97 Å². The summed E-state index contributed by atoms with van der Waals surface area (Å²) in [5, 5.41) is 3.03. The van der Waals surface area contributed by atoms with Crippen LogP contribution >= 0.6 is 0 Å². The van der Waals surface area contributed by atoms with E-state index >= 15 is 0 Å². The van der Waals surface area contributed by atoms with Gasteiger partial charge in [-0.2, -0.15) is 0 Å². The molecule has 0 spiro atoms. The van der Waals surface area contributed by atoms with E-state index in [4.69, 9.17) is 4.74 Å². The smallest absolute Gasteiger partial charge is 0.323 e. The second-order valence-corrected chi connectivity index (χ2v) is 4.79. The van der Waals surface area contributed by atoms with E-state index in [1.54, 1.807) is 0 Å². The Hall–Kier alpha value is -0.610. The van der Waals surface area contributed by atoms with Crippen LogP contribution < -0.4 is 5.32 Å². The molecule has 4 heteroatoms. The Morgan fingerprint density at radius 1 is 1.33 bits per heavy atom. The lowest BCUT2D eigenvalue weighted by atomic mass is 10.1. The zero-order chi connectivity index (χ0) is 14.0. The van der Waals surface area contributed by atoms with Crippen LogP contribution in [0, 0.1) is 5.92 Å². The Kier molecular flexibility index (Phi) is 9.98. The van der Waals surface area contributed by atoms with Crippen LogP contribution in [0.4, 0.5) is 0 Å². The number of carbonyl (C=O) groups excluding carboxylic acids is 1. The largest absolute Gasteiger partial charge is 0.465 e. The molecule has 0 saturated carbocycles. The minimum absolute atomic E-state index is 0.139. The normalized spacial score (nSPS) is 14.6. The van der Waals surface area contributed by atoms with Crippen LogP contribution in [0.1, 0.15) is 40.5 Å². The first-order valence-electron chi connectivity index (χ1n) is 7.15. The molecule has 0 aromatic carbocycles. The van der Waals surface area contributed by atoms with Crippen molar-refractivity contribution in [1.29, 1.82) is 0 Å². The fourth-order valence-electron chi connectivity index (χ4n) is 1.88. The molecule has 0 aromatic rings. The third kappa shape index (κ3) is 6.97. The molecule has 0 aliphatic carbocycles. The number of hydrogen-bond donors (Lipinski definition) is 1. The van der Waals surface area contributed by atoms with Gasteiger partial charge in [-0.25, -0.2) is 0 Å². The highest BCUT2D eigenvalue weighted by atomic mass is 16.5. The Morgan fingerprint density at radius 2 is 2.00 bits per heavy atom. The highest BCUT2D eigenvalue weighted by Gasteiger charge is 2.18. The predicted octanol–water partition coefficient (Wildman–Crippen LogP) is 1.90. The highest BCUT2D eigenvalue weighted by Crippen LogP contribution is 2.06. The number of rotatable bonds is 10. The van der Waals surface area contributed by atoms with Crippen LogP contribution in [0.25, 0.3) is 0 Å². The zero-order valence-electron chi connectivity index (χ0n) is 12.7. The van der Waals surface area contributed by atoms with Gasteiger partial charge in [-0.3, -0.25) is 4.79 Å². The van der Waals surface area contributed by atoms with E-state index < -0.39 is 0 Å². The Labute approximate surface area is 112 Å². The van der Waals surface area contributed by atoms with Gasteiger partial charge in [-0.1, -0.05) is 27.2 Å². The molecule has 0 fully saturated rings. The molecule has 0 bridgehead atoms. The molecule has 0 aliphatic rings. The molecule has 0 saturated heterocycles. The number of esters is 1. The summed E-state index contributed by atoms with van der Waals surface area (Å²) < 4.78 is 5.04. The van der Waals surface area contributed by atoms with Gasteiger partial charge in [0.25, 0.3) is 0 Å². The molecule has 108 valence electrons. The van der Waals surface area contributed by atoms with Crippen LogP contribution in [0.3, 0.4) is 0 Å². The van der Waals surface area contributed by atoms with Gasteiger partial charge in [-0.15, -0.1) is 0 Å². The molecule has 0 aliphatic heterocycles. The van der Waals surface area contributed by atoms with E-state index in [-0.39, 0.29) is 12.0 Å². The summed E-state index contributed by atoms with van der Waals surface area (Å²) in [5.74, 6) is 0.570. The lowest BCUT2D eigenvalue weighted by Gasteiger charge is -2.25. The number of nitrogens with zero attached hydrogens (tertiary/aromatic N) is 1. The predicted molar refractivity (Wildman–Crippen MR) is 75.7 cm³/mol. The quantitative estimate of drug-likeness (QED) is 0.608. The molecule has 0 radical (unpaired) electrons. The van der Waals surface area contributed by atoms with Gasteiger partial charge in [0.05, 0.1) is 6.61 Å². The first kappa shape index (κ1) is 17.4. The topological polar surface area (TPSA) is 41.6 Å². The molecule has 0 amide bonds. The number of likely N-dealkylation sites (N-methyl/N-ethyl adjacent to an activating group) is 1. The van der Waals surface area contributed by atoms with E-state index in [1.807, 2.05) is 14.0 Å². The van der Waals surface area contributed by atoms with Crippen LogP contribution in [0.2, 0.25) is 0 Å². The van der Waals surface area contributed by atoms with E-state index in [0.717, 1.165) is 26.1 Å². The molecule has 2 atom stereocenters. The highest BCUT2D eigenvalue weighted by molar-refractivity contribution is 5.75. The third-order valence-corrected chi connectivity index (χ3v) is 3.37. The molecular weight excluding hydrogens is 228 g/mol. The molecule has 1 N–H and O–H groups in total. The molecule has 4 nitrogen and oxygen atoms in total. The SMILES string of the molecule is CCOC(=O)C(CCN(CC)CC(C)CC)NC. The number of carbonyl (C=O) groups is 1. The van der Waals surface area contributed by atoms with Gasteiger partial charge in [-0.05, 0) is 32.9 Å². The van der Waals surface area contributed by atoms with Crippen LogP contribution in [-0.2, 0) is 9.53 Å². The molecule has 0 aromatic heterocycles. The summed E-state index contributed by atoms with van der Waals surface area (Å²) in [6.45, 7) is 12.0. The lowest BCUT2D eigenvalue weighted by molar-refractivity contribution is -0.145. The number of hydrogen-bond acceptors (Lipinski definition) is 4. The van der Waals surface area contributed by atoms with Crippen molar-refractivity contribution in [3.8, 4) is 0 Å². The maximum atomic E-state index is 11.7. The van der Waals surface area contributed by atoms with Crippen molar-refractivity contribution in [2.75, 3.05) is 33.3 Å². The first-order valence-corrected chi connectivity index (χ1v) is 7.15. The van der Waals surface area contributed by atoms with Gasteiger partial charge in [0.2, 0.25) is 0 Å². The van der Waals surface area contributed by atoms with Gasteiger partial charge >= 0.3 is 5.97 Å². The van der Waals surface area contributed by atoms with E-state index in [0.29, 0.717) is 12.5 Å². The molecule has 2 unspecified atom stereocenters. The van der Waals surface area contributed by atoms with Crippen molar-refractivity contribution in [3.05, 3.63) is 0 Å². The lowest BCUT2D eigenvalue weighted by Crippen LogP contribution is -2.40. The standard InChI is InChI=1S/C14H30N2O2/c1-6-12(4)11-16(7-2)10-9-13(15-5)14(17)18-8-3/h12-13,15H,6-11H2,1-5H3. The van der Waals surface area contributed by atoms with Crippen molar-refractivity contribution in [2.24, 2.45) is 5.92 Å². The second-order valence-electron chi connectivity index (χ2n) is 4.79. The van der Waals surface area contributed by atoms with Crippen molar-refractivity contribution < 1.29 is 9.53 Å². The Bertz CT molecular complexity index is 222. The Balaban J connectivity index is 4.11. The molecule has 0 heterocycles. The van der Waals surface area contributed by atoms with Crippen LogP contribution in [0.15, 0.2) is 0 Å². The monoisotopic (exact) mass is 258 g/mol. The summed E-state index contributed by atoms with van der Waals surface area (Å²) in [7, 11) is 1.81. The fraction of sp³-hybridized carbons (Fsp3) is 0.929. The summed E-state index contributed by atoms with van der Waals surface area (Å²) >= 11 is 0. The molecular formula is C14H30N2O2. The molecule has 18 heavy (non-hydrogen) atoms. The second kappa shape index (κ2) is 10.3. The number of ether oxygens (including phenoxy) is 1. The first-order chi connectivity index (χ1) is 8.58. The van der Waals surface area contributed by atoms with E-state index in [2.05, 4.69) is 31.0 Å². The van der Waals surface area contributed by atoms with Gasteiger partial charge in [0.1, 0.15) is 6.04 Å². The fourth-order valence-corrected chi connectivity index (χ4v) is 1.88. The minimum Gasteiger partial charge on any atom is -0.465 e. The summed E-state index contributed by atoms with van der Waals surface area (Å²) in [5.41, 5.74) is 0. The van der Waals surface area contributed by atoms with Crippen LogP contribution in [-0.4, -0.2) is 50.2 Å². The van der Waals surface area contributed by atoms with E-state index in [9.17, 15) is 4.79 Å². The average molecular weight is 258 g/mol. The van der Waals surface area contributed by atoms with E-state index in [1.165, 1.54) is 6.42 Å². The van der Waals surface area contributed by atoms with Gasteiger partial charge in [0, 0.05) is 13.1 Å². The van der Waals surface area contributed by atoms with Crippen molar-refractivity contribution in [2.45, 2.75) is 46.6 Å². The maximum absolute atomic E-state index is 11.7. The minimum atomic E-state index is -0.184. The Morgan fingerprint density at radius 3 is 2.44 bits per heavy atom. The van der Waals surface area contributed by atoms with Gasteiger partial charge < -0.3 is 15.0 Å². The zero-order valence-corrected chi connectivity index (χ0v) is 12.7. The van der Waals surface area contributed by atoms with Crippen LogP contribution in [0.5, 0.6) is 0 Å². The van der Waals surface area contributed by atoms with Crippen molar-refractivity contribution in [3.63, 3.8) is 0 Å². The summed E-state index contributed by atoms with van der Waals surface area (Å²) in [4.78, 5) is 14.1. The number of nitrogens with one attached hydrogen (secondary N) is 1.